The van der Waals surface area contributed by atoms with Crippen LogP contribution < -0.4 is 0 Å². The number of allylic oxidation sites excluding steroid dienone is 1. The standard InChI is InChI=1S/C7H12N/c1-7-4-3-5-8(2)6-7/h5-6H,3-4H2,1-2H3/q+1. The molecular weight excluding hydrogens is 98.1 g/mol. The fraction of sp³-hybridized carbons (Fsp3) is 0.571. The Labute approximate surface area is 50.3 Å². The molecule has 0 fully saturated rings. The van der Waals surface area contributed by atoms with Crippen LogP contribution in [0.4, 0.5) is 0 Å². The van der Waals surface area contributed by atoms with Gasteiger partial charge in [0.2, 0.25) is 0 Å². The van der Waals surface area contributed by atoms with Crippen LogP contribution in [0, 0.1) is 0 Å². The molecule has 0 aromatic rings. The van der Waals surface area contributed by atoms with Crippen LogP contribution in [0.2, 0.25) is 0 Å². The first-order valence-corrected chi connectivity index (χ1v) is 3.01. The van der Waals surface area contributed by atoms with Crippen molar-refractivity contribution >= 4 is 6.21 Å². The van der Waals surface area contributed by atoms with E-state index in [1.807, 2.05) is 0 Å². The molecule has 0 amide bonds. The molecule has 0 aromatic heterocycles. The summed E-state index contributed by atoms with van der Waals surface area (Å²) in [6.07, 6.45) is 6.82. The van der Waals surface area contributed by atoms with Gasteiger partial charge in [0.25, 0.3) is 0 Å². The summed E-state index contributed by atoms with van der Waals surface area (Å²) >= 11 is 0. The average Bonchev–Trinajstić information content (AvgIpc) is 1.64. The topological polar surface area (TPSA) is 3.01 Å². The molecule has 1 heterocycles. The lowest BCUT2D eigenvalue weighted by atomic mass is 10.1. The zero-order valence-corrected chi connectivity index (χ0v) is 5.52. The lowest BCUT2D eigenvalue weighted by molar-refractivity contribution is -0.421. The number of hydrogen-bond acceptors (Lipinski definition) is 0. The predicted octanol–water partition coefficient (Wildman–Crippen LogP) is 1.40. The Balaban J connectivity index is 2.69. The maximum atomic E-state index is 2.20. The molecule has 0 aromatic carbocycles. The molecule has 0 saturated heterocycles. The first-order chi connectivity index (χ1) is 3.79. The van der Waals surface area contributed by atoms with Crippen LogP contribution in [0.3, 0.4) is 0 Å². The Morgan fingerprint density at radius 2 is 2.38 bits per heavy atom. The van der Waals surface area contributed by atoms with E-state index in [1.54, 1.807) is 0 Å². The molecule has 0 unspecified atom stereocenters. The summed E-state index contributed by atoms with van der Waals surface area (Å²) in [5.74, 6) is 0. The maximum absolute atomic E-state index is 2.20. The van der Waals surface area contributed by atoms with E-state index in [9.17, 15) is 0 Å². The normalized spacial score (nSPS) is 19.8. The van der Waals surface area contributed by atoms with Gasteiger partial charge in [0.05, 0.1) is 0 Å². The molecular formula is C7H12N+. The van der Waals surface area contributed by atoms with Crippen LogP contribution in [-0.2, 0) is 0 Å². The number of rotatable bonds is 0. The van der Waals surface area contributed by atoms with E-state index >= 15 is 0 Å². The van der Waals surface area contributed by atoms with Crippen LogP contribution in [0.1, 0.15) is 19.8 Å². The third kappa shape index (κ3) is 1.19. The van der Waals surface area contributed by atoms with Crippen molar-refractivity contribution in [1.29, 1.82) is 0 Å². The molecule has 1 aliphatic rings. The highest BCUT2D eigenvalue weighted by atomic mass is 14.9. The SMILES string of the molecule is CC1=C[N+](C)=CCC1. The van der Waals surface area contributed by atoms with Crippen LogP contribution >= 0.6 is 0 Å². The van der Waals surface area contributed by atoms with Crippen molar-refractivity contribution in [3.05, 3.63) is 11.8 Å². The van der Waals surface area contributed by atoms with Crippen molar-refractivity contribution < 1.29 is 4.58 Å². The van der Waals surface area contributed by atoms with E-state index in [2.05, 4.69) is 31.0 Å². The molecule has 0 radical (unpaired) electrons. The van der Waals surface area contributed by atoms with Crippen molar-refractivity contribution in [2.75, 3.05) is 7.05 Å². The zero-order chi connectivity index (χ0) is 5.98. The minimum Gasteiger partial charge on any atom is -0.212 e. The molecule has 0 atom stereocenters. The Morgan fingerprint density at radius 1 is 1.62 bits per heavy atom. The summed E-state index contributed by atoms with van der Waals surface area (Å²) in [5.41, 5.74) is 1.48. The van der Waals surface area contributed by atoms with Crippen molar-refractivity contribution in [3.63, 3.8) is 0 Å². The molecule has 0 saturated carbocycles. The van der Waals surface area contributed by atoms with E-state index in [-0.39, 0.29) is 0 Å². The Hall–Kier alpha value is -0.590. The minimum atomic E-state index is 1.21. The molecule has 0 N–H and O–H groups in total. The van der Waals surface area contributed by atoms with E-state index in [0.717, 1.165) is 0 Å². The number of nitrogens with zero attached hydrogens (tertiary/aromatic N) is 1. The van der Waals surface area contributed by atoms with Crippen molar-refractivity contribution in [3.8, 4) is 0 Å². The van der Waals surface area contributed by atoms with Gasteiger partial charge in [-0.1, -0.05) is 0 Å². The summed E-state index contributed by atoms with van der Waals surface area (Å²) in [7, 11) is 2.07. The predicted molar refractivity (Wildman–Crippen MR) is 35.2 cm³/mol. The van der Waals surface area contributed by atoms with Gasteiger partial charge in [-0.2, -0.15) is 0 Å². The summed E-state index contributed by atoms with van der Waals surface area (Å²) in [6, 6.07) is 0. The van der Waals surface area contributed by atoms with E-state index in [1.165, 1.54) is 18.4 Å². The Kier molecular flexibility index (Phi) is 1.47. The van der Waals surface area contributed by atoms with Gasteiger partial charge in [-0.05, 0) is 18.9 Å². The monoisotopic (exact) mass is 110 g/mol. The van der Waals surface area contributed by atoms with Gasteiger partial charge >= 0.3 is 0 Å². The lowest BCUT2D eigenvalue weighted by Gasteiger charge is -1.99. The van der Waals surface area contributed by atoms with Gasteiger partial charge in [0.1, 0.15) is 13.3 Å². The summed E-state index contributed by atoms with van der Waals surface area (Å²) in [6.45, 7) is 2.17. The summed E-state index contributed by atoms with van der Waals surface area (Å²) in [4.78, 5) is 0. The molecule has 1 heteroatoms. The first-order valence-electron chi connectivity index (χ1n) is 3.01. The van der Waals surface area contributed by atoms with E-state index in [4.69, 9.17) is 0 Å². The highest BCUT2D eigenvalue weighted by Crippen LogP contribution is 2.05. The molecule has 0 aliphatic carbocycles. The largest absolute Gasteiger partial charge is 0.212 e. The van der Waals surface area contributed by atoms with Crippen LogP contribution in [-0.4, -0.2) is 17.8 Å². The average molecular weight is 110 g/mol. The maximum Gasteiger partial charge on any atom is 0.167 e. The van der Waals surface area contributed by atoms with Crippen LogP contribution in [0.5, 0.6) is 0 Å². The molecule has 0 spiro atoms. The summed E-state index contributed by atoms with van der Waals surface area (Å²) in [5, 5.41) is 0. The molecule has 1 nitrogen and oxygen atoms in total. The Morgan fingerprint density at radius 3 is 2.75 bits per heavy atom. The fourth-order valence-corrected chi connectivity index (χ4v) is 0.961. The third-order valence-electron chi connectivity index (χ3n) is 1.38. The quantitative estimate of drug-likeness (QED) is 0.415. The minimum absolute atomic E-state index is 1.21. The second-order valence-electron chi connectivity index (χ2n) is 2.36. The highest BCUT2D eigenvalue weighted by molar-refractivity contribution is 5.53. The Bertz CT molecular complexity index is 142. The zero-order valence-electron chi connectivity index (χ0n) is 5.52. The van der Waals surface area contributed by atoms with Gasteiger partial charge in [0, 0.05) is 6.42 Å². The molecule has 1 aliphatic heterocycles. The second kappa shape index (κ2) is 2.12. The summed E-state index contributed by atoms with van der Waals surface area (Å²) < 4.78 is 2.12. The first kappa shape index (κ1) is 5.54. The van der Waals surface area contributed by atoms with E-state index in [0.29, 0.717) is 0 Å². The molecule has 8 heavy (non-hydrogen) atoms. The smallest absolute Gasteiger partial charge is 0.167 e. The van der Waals surface area contributed by atoms with Gasteiger partial charge < -0.3 is 0 Å². The van der Waals surface area contributed by atoms with Crippen molar-refractivity contribution in [1.82, 2.24) is 0 Å². The third-order valence-corrected chi connectivity index (χ3v) is 1.38. The van der Waals surface area contributed by atoms with Gasteiger partial charge in [-0.25, -0.2) is 4.58 Å². The highest BCUT2D eigenvalue weighted by Gasteiger charge is 2.00. The molecule has 1 rings (SSSR count). The van der Waals surface area contributed by atoms with Crippen molar-refractivity contribution in [2.45, 2.75) is 19.8 Å². The van der Waals surface area contributed by atoms with Crippen LogP contribution in [0.15, 0.2) is 11.8 Å². The number of hydrogen-bond donors (Lipinski definition) is 0. The lowest BCUT2D eigenvalue weighted by Crippen LogP contribution is -2.04. The second-order valence-corrected chi connectivity index (χ2v) is 2.36. The van der Waals surface area contributed by atoms with Crippen LogP contribution in [0.25, 0.3) is 0 Å². The van der Waals surface area contributed by atoms with Gasteiger partial charge in [0.15, 0.2) is 6.20 Å². The van der Waals surface area contributed by atoms with Gasteiger partial charge in [-0.3, -0.25) is 0 Å². The molecule has 44 valence electrons. The van der Waals surface area contributed by atoms with Crippen molar-refractivity contribution in [2.24, 2.45) is 0 Å². The van der Waals surface area contributed by atoms with E-state index < -0.39 is 0 Å². The van der Waals surface area contributed by atoms with Gasteiger partial charge in [-0.15, -0.1) is 0 Å². The molecule has 0 bridgehead atoms. The fourth-order valence-electron chi connectivity index (χ4n) is 0.961.